The fourth-order valence-corrected chi connectivity index (χ4v) is 1.24. The molecule has 0 aromatic heterocycles. The van der Waals surface area contributed by atoms with Gasteiger partial charge in [0.1, 0.15) is 0 Å². The standard InChI is InChI=1S/C8H8Cl2N4O.ClH/c9-6-2-1-5(7(10)3-6)4-12-13-8(11)14-15;/h1-4,15H,(H3,11,13,14);1H. The van der Waals surface area contributed by atoms with Gasteiger partial charge in [0.25, 0.3) is 0 Å². The van der Waals surface area contributed by atoms with Crippen molar-refractivity contribution in [3.05, 3.63) is 33.8 Å². The fourth-order valence-electron chi connectivity index (χ4n) is 0.782. The van der Waals surface area contributed by atoms with Gasteiger partial charge in [0, 0.05) is 10.6 Å². The third-order valence-electron chi connectivity index (χ3n) is 1.44. The second-order valence-corrected chi connectivity index (χ2v) is 3.35. The maximum absolute atomic E-state index is 8.30. The van der Waals surface area contributed by atoms with E-state index >= 15 is 0 Å². The Balaban J connectivity index is 0.00000225. The quantitative estimate of drug-likeness (QED) is 0.441. The molecule has 5 nitrogen and oxygen atoms in total. The summed E-state index contributed by atoms with van der Waals surface area (Å²) in [5, 5.41) is 16.3. The highest BCUT2D eigenvalue weighted by molar-refractivity contribution is 6.36. The first-order chi connectivity index (χ1) is 7.13. The first-order valence-electron chi connectivity index (χ1n) is 3.85. The summed E-state index contributed by atoms with van der Waals surface area (Å²) in [5.74, 6) is -0.212. The Bertz CT molecular complexity index is 408. The summed E-state index contributed by atoms with van der Waals surface area (Å²) >= 11 is 11.6. The average molecular weight is 284 g/mol. The number of nitrogens with one attached hydrogen (secondary N) is 1. The van der Waals surface area contributed by atoms with Crippen LogP contribution < -0.4 is 11.2 Å². The Morgan fingerprint density at radius 1 is 1.44 bits per heavy atom. The summed E-state index contributed by atoms with van der Waals surface area (Å²) in [5.41, 5.74) is 7.40. The molecule has 16 heavy (non-hydrogen) atoms. The van der Waals surface area contributed by atoms with Crippen LogP contribution in [0.15, 0.2) is 28.4 Å². The number of nitrogens with two attached hydrogens (primary N) is 1. The number of guanidine groups is 1. The van der Waals surface area contributed by atoms with Crippen LogP contribution in [0.1, 0.15) is 5.56 Å². The van der Waals surface area contributed by atoms with Crippen LogP contribution in [0.4, 0.5) is 0 Å². The second-order valence-electron chi connectivity index (χ2n) is 2.51. The van der Waals surface area contributed by atoms with Gasteiger partial charge in [-0.1, -0.05) is 29.3 Å². The first kappa shape index (κ1) is 15.0. The lowest BCUT2D eigenvalue weighted by molar-refractivity contribution is 0.232. The van der Waals surface area contributed by atoms with Crippen molar-refractivity contribution in [2.24, 2.45) is 15.9 Å². The van der Waals surface area contributed by atoms with E-state index < -0.39 is 0 Å². The molecule has 0 atom stereocenters. The normalized spacial score (nSPS) is 11.3. The van der Waals surface area contributed by atoms with Crippen molar-refractivity contribution >= 4 is 47.8 Å². The fraction of sp³-hybridized carbons (Fsp3) is 0. The molecule has 0 spiro atoms. The van der Waals surface area contributed by atoms with E-state index in [2.05, 4.69) is 10.2 Å². The Morgan fingerprint density at radius 2 is 2.12 bits per heavy atom. The van der Waals surface area contributed by atoms with Crippen LogP contribution in [0, 0.1) is 0 Å². The zero-order valence-corrected chi connectivity index (χ0v) is 10.2. The number of hydrogen-bond donors (Lipinski definition) is 3. The van der Waals surface area contributed by atoms with Gasteiger partial charge < -0.3 is 5.73 Å². The van der Waals surface area contributed by atoms with Crippen LogP contribution in [-0.2, 0) is 0 Å². The molecule has 88 valence electrons. The Kier molecular flexibility index (Phi) is 6.83. The lowest BCUT2D eigenvalue weighted by atomic mass is 10.2. The van der Waals surface area contributed by atoms with Crippen molar-refractivity contribution in [1.82, 2.24) is 5.48 Å². The smallest absolute Gasteiger partial charge is 0.237 e. The molecule has 1 aromatic carbocycles. The van der Waals surface area contributed by atoms with Crippen molar-refractivity contribution < 1.29 is 5.21 Å². The van der Waals surface area contributed by atoms with Gasteiger partial charge in [-0.05, 0) is 12.1 Å². The molecule has 4 N–H and O–H groups in total. The van der Waals surface area contributed by atoms with Gasteiger partial charge in [-0.2, -0.15) is 5.10 Å². The Morgan fingerprint density at radius 3 is 2.69 bits per heavy atom. The topological polar surface area (TPSA) is 83.0 Å². The van der Waals surface area contributed by atoms with Crippen LogP contribution in [0.25, 0.3) is 0 Å². The van der Waals surface area contributed by atoms with Gasteiger partial charge in [-0.3, -0.25) is 5.21 Å². The van der Waals surface area contributed by atoms with Crippen LogP contribution in [0.2, 0.25) is 10.0 Å². The molecule has 0 radical (unpaired) electrons. The molecule has 0 unspecified atom stereocenters. The summed E-state index contributed by atoms with van der Waals surface area (Å²) in [7, 11) is 0. The lowest BCUT2D eigenvalue weighted by Crippen LogP contribution is -2.27. The first-order valence-corrected chi connectivity index (χ1v) is 4.60. The number of hydroxylamine groups is 1. The highest BCUT2D eigenvalue weighted by atomic mass is 35.5. The Labute approximate surface area is 108 Å². The van der Waals surface area contributed by atoms with E-state index in [-0.39, 0.29) is 18.4 Å². The molecule has 0 saturated heterocycles. The minimum atomic E-state index is -0.212. The molecule has 0 aliphatic carbocycles. The minimum absolute atomic E-state index is 0. The number of rotatable bonds is 2. The third kappa shape index (κ3) is 4.67. The molecule has 8 heteroatoms. The van der Waals surface area contributed by atoms with Gasteiger partial charge in [0.2, 0.25) is 5.96 Å². The largest absolute Gasteiger partial charge is 0.367 e. The number of nitrogens with zero attached hydrogens (tertiary/aromatic N) is 2. The molecule has 0 aliphatic rings. The maximum atomic E-state index is 8.30. The molecule has 1 rings (SSSR count). The molecule has 0 fully saturated rings. The molecule has 0 bridgehead atoms. The highest BCUT2D eigenvalue weighted by Crippen LogP contribution is 2.19. The van der Waals surface area contributed by atoms with Crippen molar-refractivity contribution in [3.63, 3.8) is 0 Å². The number of benzene rings is 1. The minimum Gasteiger partial charge on any atom is -0.367 e. The average Bonchev–Trinajstić information content (AvgIpc) is 2.21. The molecule has 1 aromatic rings. The van der Waals surface area contributed by atoms with Crippen molar-refractivity contribution in [3.8, 4) is 0 Å². The Hall–Kier alpha value is -1.01. The number of hydrogen-bond acceptors (Lipinski definition) is 3. The van der Waals surface area contributed by atoms with Crippen LogP contribution in [0.3, 0.4) is 0 Å². The summed E-state index contributed by atoms with van der Waals surface area (Å²) < 4.78 is 0. The number of halogens is 3. The van der Waals surface area contributed by atoms with E-state index in [1.807, 2.05) is 0 Å². The monoisotopic (exact) mass is 282 g/mol. The highest BCUT2D eigenvalue weighted by Gasteiger charge is 1.97. The van der Waals surface area contributed by atoms with Crippen LogP contribution in [-0.4, -0.2) is 17.4 Å². The van der Waals surface area contributed by atoms with Crippen LogP contribution in [0.5, 0.6) is 0 Å². The van der Waals surface area contributed by atoms with E-state index in [4.69, 9.17) is 34.1 Å². The maximum Gasteiger partial charge on any atom is 0.237 e. The molecular weight excluding hydrogens is 274 g/mol. The summed E-state index contributed by atoms with van der Waals surface area (Å²) in [4.78, 5) is 0. The van der Waals surface area contributed by atoms with Gasteiger partial charge in [0.15, 0.2) is 0 Å². The summed E-state index contributed by atoms with van der Waals surface area (Å²) in [6, 6.07) is 4.94. The van der Waals surface area contributed by atoms with Crippen molar-refractivity contribution in [1.29, 1.82) is 0 Å². The second kappa shape index (κ2) is 7.29. The molecule has 0 saturated carbocycles. The zero-order valence-electron chi connectivity index (χ0n) is 7.89. The summed E-state index contributed by atoms with van der Waals surface area (Å²) in [6.45, 7) is 0. The van der Waals surface area contributed by atoms with E-state index in [1.54, 1.807) is 23.7 Å². The molecule has 0 heterocycles. The van der Waals surface area contributed by atoms with Gasteiger partial charge in [0.05, 0.1) is 11.2 Å². The molecule has 0 amide bonds. The SMILES string of the molecule is Cl.NC(=NN=Cc1ccc(Cl)cc1Cl)NO. The van der Waals surface area contributed by atoms with E-state index in [0.29, 0.717) is 15.6 Å². The van der Waals surface area contributed by atoms with Gasteiger partial charge >= 0.3 is 0 Å². The predicted molar refractivity (Wildman–Crippen MR) is 67.8 cm³/mol. The summed E-state index contributed by atoms with van der Waals surface area (Å²) in [6.07, 6.45) is 1.39. The zero-order chi connectivity index (χ0) is 11.3. The lowest BCUT2D eigenvalue weighted by Gasteiger charge is -1.96. The van der Waals surface area contributed by atoms with E-state index in [1.165, 1.54) is 6.21 Å². The van der Waals surface area contributed by atoms with Crippen LogP contribution >= 0.6 is 35.6 Å². The van der Waals surface area contributed by atoms with Gasteiger partial charge in [-0.15, -0.1) is 17.5 Å². The van der Waals surface area contributed by atoms with Crippen molar-refractivity contribution in [2.45, 2.75) is 0 Å². The van der Waals surface area contributed by atoms with Gasteiger partial charge in [-0.25, -0.2) is 5.48 Å². The molecular formula is C8H9Cl3N4O. The molecule has 0 aliphatic heterocycles. The van der Waals surface area contributed by atoms with Crippen molar-refractivity contribution in [2.75, 3.05) is 0 Å². The third-order valence-corrected chi connectivity index (χ3v) is 2.00. The van der Waals surface area contributed by atoms with E-state index in [9.17, 15) is 0 Å². The van der Waals surface area contributed by atoms with E-state index in [0.717, 1.165) is 0 Å². The predicted octanol–water partition coefficient (Wildman–Crippen LogP) is 2.04.